The van der Waals surface area contributed by atoms with Crippen LogP contribution in [0.25, 0.3) is 21.8 Å². The first-order valence-corrected chi connectivity index (χ1v) is 7.83. The zero-order valence-corrected chi connectivity index (χ0v) is 13.3. The smallest absolute Gasteiger partial charge is 0.186 e. The molecule has 0 radical (unpaired) electrons. The number of benzene rings is 1. The fourth-order valence-corrected chi connectivity index (χ4v) is 3.27. The van der Waals surface area contributed by atoms with Gasteiger partial charge in [0.1, 0.15) is 0 Å². The molecule has 2 heterocycles. The van der Waals surface area contributed by atoms with Crippen molar-refractivity contribution in [1.82, 2.24) is 5.16 Å². The molecule has 0 bridgehead atoms. The molecule has 0 saturated carbocycles. The minimum atomic E-state index is 0.444. The van der Waals surface area contributed by atoms with Crippen LogP contribution in [0.15, 0.2) is 34.9 Å². The monoisotopic (exact) mass is 298 g/mol. The van der Waals surface area contributed by atoms with Crippen molar-refractivity contribution < 1.29 is 4.52 Å². The van der Waals surface area contributed by atoms with Crippen LogP contribution in [0.2, 0.25) is 0 Å². The molecule has 0 aliphatic heterocycles. The molecule has 21 heavy (non-hydrogen) atoms. The second kappa shape index (κ2) is 5.37. The van der Waals surface area contributed by atoms with Gasteiger partial charge in [-0.25, -0.2) is 0 Å². The molecule has 0 amide bonds. The Labute approximate surface area is 128 Å². The van der Waals surface area contributed by atoms with Crippen molar-refractivity contribution in [2.45, 2.75) is 27.2 Å². The Morgan fingerprint density at radius 2 is 1.95 bits per heavy atom. The summed E-state index contributed by atoms with van der Waals surface area (Å²) in [5, 5.41) is 3.97. The van der Waals surface area contributed by atoms with Gasteiger partial charge in [0.2, 0.25) is 0 Å². The van der Waals surface area contributed by atoms with Gasteiger partial charge in [0.05, 0.1) is 10.4 Å². The summed E-state index contributed by atoms with van der Waals surface area (Å²) in [7, 11) is 0. The topological polar surface area (TPSA) is 52.0 Å². The van der Waals surface area contributed by atoms with Crippen molar-refractivity contribution in [3.8, 4) is 21.8 Å². The largest absolute Gasteiger partial charge is 0.380 e. The molecule has 3 aromatic rings. The number of aryl methyl sites for hydroxylation is 3. The quantitative estimate of drug-likeness (QED) is 0.753. The Morgan fingerprint density at radius 3 is 2.62 bits per heavy atom. The first-order valence-electron chi connectivity index (χ1n) is 7.02. The molecular weight excluding hydrogens is 280 g/mol. The number of anilines is 1. The van der Waals surface area contributed by atoms with Gasteiger partial charge >= 0.3 is 0 Å². The van der Waals surface area contributed by atoms with Crippen LogP contribution in [-0.2, 0) is 6.42 Å². The maximum Gasteiger partial charge on any atom is 0.186 e. The molecule has 0 fully saturated rings. The summed E-state index contributed by atoms with van der Waals surface area (Å²) >= 11 is 1.73. The van der Waals surface area contributed by atoms with E-state index in [0.29, 0.717) is 5.82 Å². The molecule has 0 unspecified atom stereocenters. The fraction of sp³-hybridized carbons (Fsp3) is 0.235. The highest BCUT2D eigenvalue weighted by Crippen LogP contribution is 2.40. The summed E-state index contributed by atoms with van der Waals surface area (Å²) in [6.45, 7) is 6.35. The minimum Gasteiger partial charge on any atom is -0.380 e. The third kappa shape index (κ3) is 2.47. The first kappa shape index (κ1) is 13.9. The van der Waals surface area contributed by atoms with Gasteiger partial charge in [-0.1, -0.05) is 30.3 Å². The highest BCUT2D eigenvalue weighted by Gasteiger charge is 2.19. The molecule has 2 N–H and O–H groups in total. The van der Waals surface area contributed by atoms with Crippen LogP contribution >= 0.6 is 11.3 Å². The fourth-order valence-electron chi connectivity index (χ4n) is 2.34. The zero-order chi connectivity index (χ0) is 15.0. The van der Waals surface area contributed by atoms with Crippen molar-refractivity contribution in [3.63, 3.8) is 0 Å². The van der Waals surface area contributed by atoms with Crippen molar-refractivity contribution >= 4 is 17.2 Å². The number of thiophene rings is 1. The van der Waals surface area contributed by atoms with Gasteiger partial charge in [0, 0.05) is 4.88 Å². The molecule has 0 aliphatic carbocycles. The van der Waals surface area contributed by atoms with Crippen LogP contribution in [0.4, 0.5) is 5.82 Å². The average Bonchev–Trinajstić information content (AvgIpc) is 3.08. The molecular formula is C17H18N2OS. The lowest BCUT2D eigenvalue weighted by atomic mass is 10.00. The standard InChI is InChI=1S/C17H18N2OS/c1-4-13-7-8-14(21-13)16-15(17(18)19-20-16)12-6-5-10(2)11(3)9-12/h5-9H,4H2,1-3H3,(H2,18,19). The summed E-state index contributed by atoms with van der Waals surface area (Å²) in [6.07, 6.45) is 1.02. The van der Waals surface area contributed by atoms with Crippen LogP contribution < -0.4 is 5.73 Å². The average molecular weight is 298 g/mol. The normalized spacial score (nSPS) is 11.0. The van der Waals surface area contributed by atoms with Gasteiger partial charge in [-0.05, 0) is 49.1 Å². The number of nitrogens with two attached hydrogens (primary N) is 1. The van der Waals surface area contributed by atoms with Gasteiger partial charge in [-0.2, -0.15) is 0 Å². The molecule has 108 valence electrons. The Bertz CT molecular complexity index is 786. The highest BCUT2D eigenvalue weighted by molar-refractivity contribution is 7.15. The van der Waals surface area contributed by atoms with Crippen molar-refractivity contribution in [2.75, 3.05) is 5.73 Å². The van der Waals surface area contributed by atoms with Crippen molar-refractivity contribution in [1.29, 1.82) is 0 Å². The molecule has 0 atom stereocenters. The predicted octanol–water partition coefficient (Wildman–Crippen LogP) is 4.83. The van der Waals surface area contributed by atoms with E-state index in [1.165, 1.54) is 16.0 Å². The van der Waals surface area contributed by atoms with E-state index in [4.69, 9.17) is 10.3 Å². The van der Waals surface area contributed by atoms with E-state index in [0.717, 1.165) is 28.2 Å². The summed E-state index contributed by atoms with van der Waals surface area (Å²) in [5.41, 5.74) is 10.5. The number of hydrogen-bond donors (Lipinski definition) is 1. The minimum absolute atomic E-state index is 0.444. The van der Waals surface area contributed by atoms with Crippen LogP contribution in [0, 0.1) is 13.8 Å². The number of nitrogen functional groups attached to an aromatic ring is 1. The van der Waals surface area contributed by atoms with E-state index in [2.05, 4.69) is 56.3 Å². The summed E-state index contributed by atoms with van der Waals surface area (Å²) in [4.78, 5) is 2.40. The molecule has 2 aromatic heterocycles. The molecule has 0 saturated heterocycles. The van der Waals surface area contributed by atoms with E-state index >= 15 is 0 Å². The van der Waals surface area contributed by atoms with E-state index in [-0.39, 0.29) is 0 Å². The van der Waals surface area contributed by atoms with Crippen LogP contribution in [-0.4, -0.2) is 5.16 Å². The van der Waals surface area contributed by atoms with Crippen LogP contribution in [0.3, 0.4) is 0 Å². The summed E-state index contributed by atoms with van der Waals surface area (Å²) in [5.74, 6) is 1.21. The first-order chi connectivity index (χ1) is 10.1. The maximum atomic E-state index is 6.04. The summed E-state index contributed by atoms with van der Waals surface area (Å²) < 4.78 is 5.50. The molecule has 3 rings (SSSR count). The molecule has 4 heteroatoms. The number of rotatable bonds is 3. The number of hydrogen-bond acceptors (Lipinski definition) is 4. The van der Waals surface area contributed by atoms with E-state index in [9.17, 15) is 0 Å². The number of nitrogens with zero attached hydrogens (tertiary/aromatic N) is 1. The third-order valence-corrected chi connectivity index (χ3v) is 4.98. The Morgan fingerprint density at radius 1 is 1.14 bits per heavy atom. The van der Waals surface area contributed by atoms with Crippen molar-refractivity contribution in [3.05, 3.63) is 46.3 Å². The Kier molecular flexibility index (Phi) is 3.55. The maximum absolute atomic E-state index is 6.04. The lowest BCUT2D eigenvalue weighted by molar-refractivity contribution is 0.437. The molecule has 0 aliphatic rings. The van der Waals surface area contributed by atoms with E-state index in [1.807, 2.05) is 0 Å². The van der Waals surface area contributed by atoms with E-state index < -0.39 is 0 Å². The van der Waals surface area contributed by atoms with Gasteiger partial charge in [-0.15, -0.1) is 11.3 Å². The van der Waals surface area contributed by atoms with E-state index in [1.54, 1.807) is 11.3 Å². The molecule has 0 spiro atoms. The highest BCUT2D eigenvalue weighted by atomic mass is 32.1. The van der Waals surface area contributed by atoms with Crippen LogP contribution in [0.5, 0.6) is 0 Å². The predicted molar refractivity (Wildman–Crippen MR) is 88.5 cm³/mol. The second-order valence-corrected chi connectivity index (χ2v) is 6.36. The van der Waals surface area contributed by atoms with Gasteiger partial charge < -0.3 is 10.3 Å². The Balaban J connectivity index is 2.14. The second-order valence-electron chi connectivity index (χ2n) is 5.19. The van der Waals surface area contributed by atoms with Gasteiger partial charge in [-0.3, -0.25) is 0 Å². The van der Waals surface area contributed by atoms with Gasteiger partial charge in [0.25, 0.3) is 0 Å². The molecule has 3 nitrogen and oxygen atoms in total. The summed E-state index contributed by atoms with van der Waals surface area (Å²) in [6, 6.07) is 10.5. The zero-order valence-electron chi connectivity index (χ0n) is 12.4. The SMILES string of the molecule is CCc1ccc(-c2onc(N)c2-c2ccc(C)c(C)c2)s1. The number of aromatic nitrogens is 1. The van der Waals surface area contributed by atoms with Gasteiger partial charge in [0.15, 0.2) is 11.6 Å². The lowest BCUT2D eigenvalue weighted by Crippen LogP contribution is -1.90. The van der Waals surface area contributed by atoms with Crippen LogP contribution in [0.1, 0.15) is 22.9 Å². The third-order valence-electron chi connectivity index (χ3n) is 3.75. The lowest BCUT2D eigenvalue weighted by Gasteiger charge is -2.05. The Hall–Kier alpha value is -2.07. The van der Waals surface area contributed by atoms with Crippen molar-refractivity contribution in [2.24, 2.45) is 0 Å². The molecule has 1 aromatic carbocycles.